The van der Waals surface area contributed by atoms with Gasteiger partial charge in [0.15, 0.2) is 0 Å². The maximum Gasteiger partial charge on any atom is 0.329 e. The van der Waals surface area contributed by atoms with Gasteiger partial charge in [0, 0.05) is 24.7 Å². The number of non-ortho nitro benzene ring substituents is 1. The second kappa shape index (κ2) is 7.95. The Balaban J connectivity index is 1.65. The van der Waals surface area contributed by atoms with Gasteiger partial charge in [-0.2, -0.15) is 0 Å². The van der Waals surface area contributed by atoms with Crippen LogP contribution >= 0.6 is 0 Å². The third-order valence-electron chi connectivity index (χ3n) is 4.53. The minimum Gasteiger partial charge on any atom is -0.508 e. The summed E-state index contributed by atoms with van der Waals surface area (Å²) in [4.78, 5) is 36.6. The van der Waals surface area contributed by atoms with Crippen LogP contribution in [0.4, 0.5) is 5.69 Å². The molecule has 1 saturated heterocycles. The molecule has 2 aromatic carbocycles. The molecule has 0 saturated carbocycles. The van der Waals surface area contributed by atoms with Crippen molar-refractivity contribution in [1.82, 2.24) is 4.90 Å². The van der Waals surface area contributed by atoms with Crippen molar-refractivity contribution in [2.45, 2.75) is 25.5 Å². The van der Waals surface area contributed by atoms with Crippen LogP contribution in [0.2, 0.25) is 0 Å². The van der Waals surface area contributed by atoms with Crippen LogP contribution in [0.15, 0.2) is 42.5 Å². The highest BCUT2D eigenvalue weighted by atomic mass is 16.6. The number of rotatable bonds is 5. The Morgan fingerprint density at radius 2 is 1.89 bits per heavy atom. The van der Waals surface area contributed by atoms with Gasteiger partial charge in [-0.1, -0.05) is 0 Å². The van der Waals surface area contributed by atoms with Crippen LogP contribution < -0.4 is 0 Å². The summed E-state index contributed by atoms with van der Waals surface area (Å²) in [5.74, 6) is -1.64. The van der Waals surface area contributed by atoms with Gasteiger partial charge in [-0.25, -0.2) is 4.79 Å². The van der Waals surface area contributed by atoms with Crippen LogP contribution in [0.3, 0.4) is 0 Å². The largest absolute Gasteiger partial charge is 0.508 e. The number of nitrogens with zero attached hydrogens (tertiary/aromatic N) is 2. The number of hydrogen-bond donors (Lipinski definition) is 2. The number of carbonyl (C=O) groups is 2. The zero-order valence-electron chi connectivity index (χ0n) is 14.8. The fourth-order valence-electron chi connectivity index (χ4n) is 3.07. The first kappa shape index (κ1) is 19.2. The number of nitro benzene ring substituents is 1. The molecule has 2 N–H and O–H groups in total. The van der Waals surface area contributed by atoms with Gasteiger partial charge in [-0.05, 0) is 42.7 Å². The predicted octanol–water partition coefficient (Wildman–Crippen LogP) is 2.35. The molecule has 2 aromatic rings. The van der Waals surface area contributed by atoms with Crippen molar-refractivity contribution in [2.24, 2.45) is 0 Å². The number of phenolic OH excluding ortho intramolecular Hbond substituents is 2. The quantitative estimate of drug-likeness (QED) is 0.458. The van der Waals surface area contributed by atoms with Crippen molar-refractivity contribution in [3.05, 3.63) is 63.7 Å². The minimum absolute atomic E-state index is 0.00660. The maximum atomic E-state index is 12.7. The molecule has 3 rings (SSSR count). The summed E-state index contributed by atoms with van der Waals surface area (Å²) in [5, 5.41) is 29.9. The zero-order chi connectivity index (χ0) is 20.3. The SMILES string of the molecule is O=C(OCc1ccc([N+](=O)[O-])cc1)[C@@H]1CCCN1C(=O)c1ccc(O)cc1O. The van der Waals surface area contributed by atoms with E-state index < -0.39 is 22.8 Å². The lowest BCUT2D eigenvalue weighted by molar-refractivity contribution is -0.384. The van der Waals surface area contributed by atoms with E-state index in [1.807, 2.05) is 0 Å². The van der Waals surface area contributed by atoms with Crippen LogP contribution in [0.25, 0.3) is 0 Å². The monoisotopic (exact) mass is 386 g/mol. The molecule has 1 aliphatic rings. The van der Waals surface area contributed by atoms with Crippen LogP contribution in [0.1, 0.15) is 28.8 Å². The third-order valence-corrected chi connectivity index (χ3v) is 4.53. The van der Waals surface area contributed by atoms with E-state index in [1.165, 1.54) is 41.3 Å². The molecule has 9 heteroatoms. The number of esters is 1. The van der Waals surface area contributed by atoms with E-state index >= 15 is 0 Å². The van der Waals surface area contributed by atoms with Crippen molar-refractivity contribution in [2.75, 3.05) is 6.54 Å². The molecule has 0 unspecified atom stereocenters. The molecule has 9 nitrogen and oxygen atoms in total. The van der Waals surface area contributed by atoms with Gasteiger partial charge < -0.3 is 19.8 Å². The van der Waals surface area contributed by atoms with Gasteiger partial charge in [0.1, 0.15) is 24.1 Å². The molecule has 28 heavy (non-hydrogen) atoms. The summed E-state index contributed by atoms with van der Waals surface area (Å²) in [6, 6.07) is 8.50. The number of nitro groups is 1. The number of hydrogen-bond acceptors (Lipinski definition) is 7. The van der Waals surface area contributed by atoms with E-state index in [1.54, 1.807) is 0 Å². The topological polar surface area (TPSA) is 130 Å². The first-order valence-corrected chi connectivity index (χ1v) is 8.59. The molecule has 1 heterocycles. The highest BCUT2D eigenvalue weighted by Crippen LogP contribution is 2.28. The zero-order valence-corrected chi connectivity index (χ0v) is 14.8. The summed E-state index contributed by atoms with van der Waals surface area (Å²) >= 11 is 0. The normalized spacial score (nSPS) is 16.0. The summed E-state index contributed by atoms with van der Waals surface area (Å²) in [5.41, 5.74) is 0.523. The van der Waals surface area contributed by atoms with Crippen LogP contribution in [0.5, 0.6) is 11.5 Å². The Bertz CT molecular complexity index is 911. The Hall–Kier alpha value is -3.62. The van der Waals surface area contributed by atoms with E-state index in [9.17, 15) is 29.9 Å². The average molecular weight is 386 g/mol. The second-order valence-electron chi connectivity index (χ2n) is 6.39. The minimum atomic E-state index is -0.779. The maximum absolute atomic E-state index is 12.7. The molecule has 0 aliphatic carbocycles. The van der Waals surface area contributed by atoms with Crippen molar-refractivity contribution in [3.63, 3.8) is 0 Å². The molecule has 0 aromatic heterocycles. The van der Waals surface area contributed by atoms with Gasteiger partial charge in [0.05, 0.1) is 10.5 Å². The number of phenols is 2. The van der Waals surface area contributed by atoms with E-state index in [4.69, 9.17) is 4.74 Å². The van der Waals surface area contributed by atoms with Gasteiger partial charge >= 0.3 is 5.97 Å². The van der Waals surface area contributed by atoms with Gasteiger partial charge in [0.25, 0.3) is 11.6 Å². The Morgan fingerprint density at radius 1 is 1.18 bits per heavy atom. The van der Waals surface area contributed by atoms with E-state index in [2.05, 4.69) is 0 Å². The van der Waals surface area contributed by atoms with Crippen molar-refractivity contribution in [1.29, 1.82) is 0 Å². The molecule has 1 aliphatic heterocycles. The molecule has 146 valence electrons. The number of benzene rings is 2. The summed E-state index contributed by atoms with van der Waals surface area (Å²) in [6.07, 6.45) is 1.05. The lowest BCUT2D eigenvalue weighted by Gasteiger charge is -2.23. The molecule has 1 fully saturated rings. The highest BCUT2D eigenvalue weighted by molar-refractivity contribution is 5.99. The van der Waals surface area contributed by atoms with Crippen molar-refractivity contribution >= 4 is 17.6 Å². The Kier molecular flexibility index (Phi) is 5.44. The molecule has 0 spiro atoms. The Morgan fingerprint density at radius 3 is 2.54 bits per heavy atom. The molecular weight excluding hydrogens is 368 g/mol. The van der Waals surface area contributed by atoms with E-state index in [0.29, 0.717) is 24.9 Å². The number of likely N-dealkylation sites (tertiary alicyclic amines) is 1. The molecule has 0 radical (unpaired) electrons. The third kappa shape index (κ3) is 4.03. The average Bonchev–Trinajstić information content (AvgIpc) is 3.16. The first-order valence-electron chi connectivity index (χ1n) is 8.59. The van der Waals surface area contributed by atoms with Crippen molar-refractivity contribution < 1.29 is 29.5 Å². The smallest absolute Gasteiger partial charge is 0.329 e. The van der Waals surface area contributed by atoms with Gasteiger partial charge in [-0.15, -0.1) is 0 Å². The van der Waals surface area contributed by atoms with Crippen LogP contribution in [-0.4, -0.2) is 44.5 Å². The van der Waals surface area contributed by atoms with Gasteiger partial charge in [0.2, 0.25) is 0 Å². The fraction of sp³-hybridized carbons (Fsp3) is 0.263. The van der Waals surface area contributed by atoms with E-state index in [-0.39, 0.29) is 29.4 Å². The van der Waals surface area contributed by atoms with Crippen LogP contribution in [0, 0.1) is 10.1 Å². The molecular formula is C19H18N2O7. The first-order chi connectivity index (χ1) is 13.4. The standard InChI is InChI=1S/C19H18N2O7/c22-14-7-8-15(17(23)10-14)18(24)20-9-1-2-16(20)19(25)28-11-12-3-5-13(6-4-12)21(26)27/h3-8,10,16,22-23H,1-2,9,11H2/t16-/m0/s1. The Labute approximate surface area is 159 Å². The fourth-order valence-corrected chi connectivity index (χ4v) is 3.07. The summed E-state index contributed by atoms with van der Waals surface area (Å²) in [6.45, 7) is 0.274. The lowest BCUT2D eigenvalue weighted by atomic mass is 10.1. The second-order valence-corrected chi connectivity index (χ2v) is 6.39. The number of ether oxygens (including phenoxy) is 1. The van der Waals surface area contributed by atoms with Crippen molar-refractivity contribution in [3.8, 4) is 11.5 Å². The molecule has 0 bridgehead atoms. The van der Waals surface area contributed by atoms with Gasteiger partial charge in [-0.3, -0.25) is 14.9 Å². The number of carbonyl (C=O) groups excluding carboxylic acids is 2. The van der Waals surface area contributed by atoms with E-state index in [0.717, 1.165) is 6.07 Å². The summed E-state index contributed by atoms with van der Waals surface area (Å²) in [7, 11) is 0. The summed E-state index contributed by atoms with van der Waals surface area (Å²) < 4.78 is 5.27. The van der Waals surface area contributed by atoms with Crippen LogP contribution in [-0.2, 0) is 16.1 Å². The molecule has 1 amide bonds. The lowest BCUT2D eigenvalue weighted by Crippen LogP contribution is -2.41. The highest BCUT2D eigenvalue weighted by Gasteiger charge is 2.36. The number of amides is 1. The molecule has 1 atom stereocenters. The predicted molar refractivity (Wildman–Crippen MR) is 96.7 cm³/mol. The number of aromatic hydroxyl groups is 2.